The summed E-state index contributed by atoms with van der Waals surface area (Å²) in [4.78, 5) is 15.6. The van der Waals surface area contributed by atoms with Gasteiger partial charge in [0.1, 0.15) is 5.76 Å². The van der Waals surface area contributed by atoms with Crippen molar-refractivity contribution in [1.29, 1.82) is 0 Å². The van der Waals surface area contributed by atoms with Crippen molar-refractivity contribution in [2.45, 2.75) is 52.9 Å². The molecule has 0 spiro atoms. The zero-order valence-corrected chi connectivity index (χ0v) is 20.2. The summed E-state index contributed by atoms with van der Waals surface area (Å²) in [5.41, 5.74) is 3.59. The second-order valence-corrected chi connectivity index (χ2v) is 8.45. The van der Waals surface area contributed by atoms with E-state index in [-0.39, 0.29) is 11.3 Å². The fraction of sp³-hybridized carbons (Fsp3) is 0.385. The Morgan fingerprint density at radius 2 is 2.06 bits per heavy atom. The first-order chi connectivity index (χ1) is 14.6. The number of halogens is 1. The van der Waals surface area contributed by atoms with Crippen LogP contribution in [0.1, 0.15) is 53.0 Å². The molecule has 1 aromatic carbocycles. The van der Waals surface area contributed by atoms with Crippen LogP contribution in [0.3, 0.4) is 0 Å². The Balaban J connectivity index is 0.000000327. The normalized spacial score (nSPS) is 17.1. The number of aliphatic imine (C=N–C) groups is 1. The van der Waals surface area contributed by atoms with E-state index in [1.165, 1.54) is 0 Å². The largest absolute Gasteiger partial charge is 0.500 e. The summed E-state index contributed by atoms with van der Waals surface area (Å²) in [7, 11) is 1.66. The minimum absolute atomic E-state index is 0.0470. The third kappa shape index (κ3) is 8.86. The van der Waals surface area contributed by atoms with Crippen LogP contribution >= 0.6 is 11.6 Å². The molecule has 2 rings (SSSR count). The van der Waals surface area contributed by atoms with Gasteiger partial charge in [-0.15, -0.1) is 0 Å². The predicted molar refractivity (Wildman–Crippen MR) is 133 cm³/mol. The number of hydrogen-bond donors (Lipinski definition) is 1. The second kappa shape index (κ2) is 12.8. The molecule has 0 bridgehead atoms. The van der Waals surface area contributed by atoms with Crippen LogP contribution < -0.4 is 5.32 Å². The van der Waals surface area contributed by atoms with Gasteiger partial charge in [0.15, 0.2) is 0 Å². The van der Waals surface area contributed by atoms with Crippen LogP contribution in [0.15, 0.2) is 58.3 Å². The molecule has 0 unspecified atom stereocenters. The highest BCUT2D eigenvalue weighted by atomic mass is 35.5. The number of carbonyl (C=O) groups is 1. The molecule has 1 N–H and O–H groups in total. The number of rotatable bonds is 5. The van der Waals surface area contributed by atoms with Crippen molar-refractivity contribution >= 4 is 29.9 Å². The van der Waals surface area contributed by atoms with Crippen LogP contribution in [0, 0.1) is 11.8 Å². The molecule has 0 radical (unpaired) electrons. The quantitative estimate of drug-likeness (QED) is 0.323. The van der Waals surface area contributed by atoms with Gasteiger partial charge < -0.3 is 10.1 Å². The lowest BCUT2D eigenvalue weighted by atomic mass is 9.87. The Bertz CT molecular complexity index is 938. The zero-order valence-electron chi connectivity index (χ0n) is 19.4. The molecule has 0 atom stereocenters. The first-order valence-corrected chi connectivity index (χ1v) is 10.6. The Morgan fingerprint density at radius 1 is 1.35 bits per heavy atom. The van der Waals surface area contributed by atoms with E-state index in [4.69, 9.17) is 16.3 Å². The van der Waals surface area contributed by atoms with E-state index in [1.807, 2.05) is 37.3 Å². The number of allylic oxidation sites excluding steroid dienone is 3. The Morgan fingerprint density at radius 3 is 2.61 bits per heavy atom. The number of carbonyl (C=O) groups excluding carboxylic acids is 1. The predicted octanol–water partition coefficient (Wildman–Crippen LogP) is 6.48. The average Bonchev–Trinajstić information content (AvgIpc) is 2.71. The van der Waals surface area contributed by atoms with Gasteiger partial charge >= 0.3 is 0 Å². The number of hydrogen-bond acceptors (Lipinski definition) is 3. The fourth-order valence-corrected chi connectivity index (χ4v) is 2.81. The van der Waals surface area contributed by atoms with E-state index in [0.29, 0.717) is 29.2 Å². The first-order valence-electron chi connectivity index (χ1n) is 10.2. The van der Waals surface area contributed by atoms with E-state index in [0.717, 1.165) is 23.3 Å². The standard InChI is InChI=1S/C15H20ClNO.C11H13NO/c1-6-10(2)14(18)17-13-8-7-11(9-12(13)16)15(3,4)5;1-12-9-10-7-5-3-4-6-8-11(10)13-2/h6-9H,1-5H3,(H,17,18);5,7H,1,3,8-9H2,2H3/b10-6+;7-5-,11-10-. The Hall–Kier alpha value is -2.77. The topological polar surface area (TPSA) is 50.7 Å². The summed E-state index contributed by atoms with van der Waals surface area (Å²) in [6, 6.07) is 5.75. The van der Waals surface area contributed by atoms with Crippen LogP contribution in [0.4, 0.5) is 5.69 Å². The SMILES string of the molecule is C/C=C(\C)C(=O)Nc1ccc(C(C)(C)C)cc1Cl.C=NCC1=C(\OC)CC#CC/C=C\1. The molecule has 0 fully saturated rings. The summed E-state index contributed by atoms with van der Waals surface area (Å²) < 4.78 is 5.23. The van der Waals surface area contributed by atoms with Crippen LogP contribution in [-0.2, 0) is 14.9 Å². The Labute approximate surface area is 192 Å². The molecular weight excluding hydrogens is 408 g/mol. The van der Waals surface area contributed by atoms with E-state index in [9.17, 15) is 4.79 Å². The molecule has 0 aliphatic heterocycles. The number of amides is 1. The molecule has 1 aliphatic carbocycles. The van der Waals surface area contributed by atoms with Crippen LogP contribution in [0.2, 0.25) is 5.02 Å². The molecule has 0 heterocycles. The highest BCUT2D eigenvalue weighted by molar-refractivity contribution is 6.34. The smallest absolute Gasteiger partial charge is 0.251 e. The van der Waals surface area contributed by atoms with Crippen LogP contribution in [0.5, 0.6) is 0 Å². The van der Waals surface area contributed by atoms with Gasteiger partial charge in [-0.3, -0.25) is 9.79 Å². The summed E-state index contributed by atoms with van der Waals surface area (Å²) in [6.07, 6.45) is 7.28. The molecule has 1 amide bonds. The second-order valence-electron chi connectivity index (χ2n) is 8.04. The van der Waals surface area contributed by atoms with Gasteiger partial charge in [-0.25, -0.2) is 0 Å². The summed E-state index contributed by atoms with van der Waals surface area (Å²) in [6.45, 7) is 14.0. The number of methoxy groups -OCH3 is 1. The van der Waals surface area contributed by atoms with Gasteiger partial charge in [0.2, 0.25) is 0 Å². The molecule has 4 nitrogen and oxygen atoms in total. The first kappa shape index (κ1) is 26.3. The molecule has 0 saturated heterocycles. The van der Waals surface area contributed by atoms with Crippen LogP contribution in [0.25, 0.3) is 0 Å². The fourth-order valence-electron chi connectivity index (χ4n) is 2.58. The average molecular weight is 441 g/mol. The molecule has 0 saturated carbocycles. The number of ether oxygens (including phenoxy) is 1. The molecule has 0 aromatic heterocycles. The van der Waals surface area contributed by atoms with E-state index in [1.54, 1.807) is 20.1 Å². The van der Waals surface area contributed by atoms with Crippen molar-refractivity contribution in [2.24, 2.45) is 4.99 Å². The van der Waals surface area contributed by atoms with Crippen molar-refractivity contribution in [1.82, 2.24) is 0 Å². The molecule has 166 valence electrons. The molecule has 31 heavy (non-hydrogen) atoms. The zero-order chi connectivity index (χ0) is 23.4. The third-order valence-electron chi connectivity index (χ3n) is 4.67. The summed E-state index contributed by atoms with van der Waals surface area (Å²) >= 11 is 6.19. The lowest BCUT2D eigenvalue weighted by molar-refractivity contribution is -0.112. The van der Waals surface area contributed by atoms with E-state index >= 15 is 0 Å². The maximum atomic E-state index is 11.7. The van der Waals surface area contributed by atoms with Crippen LogP contribution in [-0.4, -0.2) is 26.3 Å². The number of anilines is 1. The van der Waals surface area contributed by atoms with Gasteiger partial charge in [-0.1, -0.05) is 68.5 Å². The van der Waals surface area contributed by atoms with Gasteiger partial charge in [-0.2, -0.15) is 0 Å². The highest BCUT2D eigenvalue weighted by Gasteiger charge is 2.15. The lowest BCUT2D eigenvalue weighted by Gasteiger charge is -2.20. The maximum absolute atomic E-state index is 11.7. The highest BCUT2D eigenvalue weighted by Crippen LogP contribution is 2.29. The minimum Gasteiger partial charge on any atom is -0.500 e. The molecular formula is C26H33ClN2O2. The van der Waals surface area contributed by atoms with Gasteiger partial charge in [0.05, 0.1) is 30.8 Å². The van der Waals surface area contributed by atoms with Gasteiger partial charge in [0, 0.05) is 17.6 Å². The van der Waals surface area contributed by atoms with E-state index in [2.05, 4.69) is 49.6 Å². The summed E-state index contributed by atoms with van der Waals surface area (Å²) in [5, 5.41) is 3.37. The van der Waals surface area contributed by atoms with Crippen molar-refractivity contribution in [3.8, 4) is 11.8 Å². The molecule has 1 aliphatic rings. The van der Waals surface area contributed by atoms with Crippen molar-refractivity contribution < 1.29 is 9.53 Å². The van der Waals surface area contributed by atoms with Gasteiger partial charge in [0.25, 0.3) is 5.91 Å². The monoisotopic (exact) mass is 440 g/mol. The molecule has 5 heteroatoms. The van der Waals surface area contributed by atoms with Crippen molar-refractivity contribution in [3.63, 3.8) is 0 Å². The Kier molecular flexibility index (Phi) is 10.9. The van der Waals surface area contributed by atoms with Crippen molar-refractivity contribution in [2.75, 3.05) is 19.0 Å². The molecule has 1 aromatic rings. The van der Waals surface area contributed by atoms with E-state index < -0.39 is 0 Å². The summed E-state index contributed by atoms with van der Waals surface area (Å²) in [5.74, 6) is 6.82. The minimum atomic E-state index is -0.122. The van der Waals surface area contributed by atoms with Gasteiger partial charge in [-0.05, 0) is 43.7 Å². The number of nitrogens with zero attached hydrogens (tertiary/aromatic N) is 1. The number of nitrogens with one attached hydrogen (secondary N) is 1. The van der Waals surface area contributed by atoms with Crippen molar-refractivity contribution in [3.05, 3.63) is 63.9 Å². The maximum Gasteiger partial charge on any atom is 0.251 e. The lowest BCUT2D eigenvalue weighted by Crippen LogP contribution is -2.14. The number of benzene rings is 1. The third-order valence-corrected chi connectivity index (χ3v) is 4.99.